The van der Waals surface area contributed by atoms with Crippen LogP contribution in [0.2, 0.25) is 0 Å². The molecule has 0 spiro atoms. The Kier molecular flexibility index (Phi) is 4.68. The second kappa shape index (κ2) is 5.27. The van der Waals surface area contributed by atoms with Gasteiger partial charge in [0.05, 0.1) is 0 Å². The minimum atomic E-state index is -2.97. The summed E-state index contributed by atoms with van der Waals surface area (Å²) in [6.45, 7) is 0.0155. The van der Waals surface area contributed by atoms with Gasteiger partial charge >= 0.3 is 23.7 Å². The predicted octanol–water partition coefficient (Wildman–Crippen LogP) is -1.01. The van der Waals surface area contributed by atoms with E-state index < -0.39 is 30.3 Å². The average molecular weight is 222 g/mol. The fraction of sp³-hybridized carbons (Fsp3) is 0.571. The standard InChI is InChI=1S/C7H10O8/c1-2-14-7(5(10)11,6(12)13)15-3-4(8)9/h2-3H2,1H3,(H,8,9)(H,10,11)(H,12,13). The molecule has 0 heterocycles. The van der Waals surface area contributed by atoms with Crippen LogP contribution < -0.4 is 0 Å². The van der Waals surface area contributed by atoms with Gasteiger partial charge in [0, 0.05) is 6.61 Å². The van der Waals surface area contributed by atoms with Crippen molar-refractivity contribution in [1.82, 2.24) is 0 Å². The molecule has 86 valence electrons. The first-order valence-corrected chi connectivity index (χ1v) is 3.83. The zero-order valence-electron chi connectivity index (χ0n) is 7.80. The molecule has 0 radical (unpaired) electrons. The lowest BCUT2D eigenvalue weighted by Crippen LogP contribution is -2.52. The molecule has 0 aromatic heterocycles. The highest BCUT2D eigenvalue weighted by Gasteiger charge is 2.50. The molecule has 0 saturated heterocycles. The molecule has 0 aliphatic rings. The van der Waals surface area contributed by atoms with Crippen molar-refractivity contribution in [3.8, 4) is 0 Å². The van der Waals surface area contributed by atoms with E-state index in [1.165, 1.54) is 6.92 Å². The quantitative estimate of drug-likeness (QED) is 0.369. The Morgan fingerprint density at radius 1 is 1.07 bits per heavy atom. The number of ether oxygens (including phenoxy) is 2. The van der Waals surface area contributed by atoms with Crippen molar-refractivity contribution in [2.45, 2.75) is 12.7 Å². The molecule has 0 aromatic rings. The fourth-order valence-electron chi connectivity index (χ4n) is 0.747. The minimum Gasteiger partial charge on any atom is -0.480 e. The summed E-state index contributed by atoms with van der Waals surface area (Å²) < 4.78 is 8.65. The van der Waals surface area contributed by atoms with E-state index in [-0.39, 0.29) is 6.61 Å². The first kappa shape index (κ1) is 13.3. The number of carboxylic acids is 3. The van der Waals surface area contributed by atoms with Crippen LogP contribution in [0.1, 0.15) is 6.92 Å². The van der Waals surface area contributed by atoms with Gasteiger partial charge in [-0.2, -0.15) is 0 Å². The number of carboxylic acid groups (broad SMARTS) is 3. The summed E-state index contributed by atoms with van der Waals surface area (Å²) in [5, 5.41) is 25.5. The Balaban J connectivity index is 4.87. The fourth-order valence-corrected chi connectivity index (χ4v) is 0.747. The summed E-state index contributed by atoms with van der Waals surface area (Å²) in [7, 11) is 0. The van der Waals surface area contributed by atoms with E-state index in [0.717, 1.165) is 0 Å². The highest BCUT2D eigenvalue weighted by molar-refractivity contribution is 6.00. The first-order chi connectivity index (χ1) is 6.86. The third kappa shape index (κ3) is 3.18. The Hall–Kier alpha value is -1.67. The molecule has 15 heavy (non-hydrogen) atoms. The summed E-state index contributed by atoms with van der Waals surface area (Å²) in [5.74, 6) is -8.30. The Morgan fingerprint density at radius 3 is 1.80 bits per heavy atom. The van der Waals surface area contributed by atoms with Gasteiger partial charge in [0.1, 0.15) is 6.61 Å². The summed E-state index contributed by atoms with van der Waals surface area (Å²) in [6, 6.07) is 0. The highest BCUT2D eigenvalue weighted by atomic mass is 16.7. The van der Waals surface area contributed by atoms with Crippen molar-refractivity contribution in [1.29, 1.82) is 0 Å². The molecule has 0 saturated carbocycles. The van der Waals surface area contributed by atoms with Crippen LogP contribution in [0, 0.1) is 0 Å². The smallest absolute Gasteiger partial charge is 0.377 e. The monoisotopic (exact) mass is 222 g/mol. The van der Waals surface area contributed by atoms with Crippen molar-refractivity contribution in [3.63, 3.8) is 0 Å². The van der Waals surface area contributed by atoms with E-state index in [9.17, 15) is 14.4 Å². The van der Waals surface area contributed by atoms with Gasteiger partial charge in [-0.1, -0.05) is 0 Å². The van der Waals surface area contributed by atoms with Crippen molar-refractivity contribution < 1.29 is 39.2 Å². The van der Waals surface area contributed by atoms with Crippen molar-refractivity contribution >= 4 is 17.9 Å². The van der Waals surface area contributed by atoms with Crippen molar-refractivity contribution in [2.24, 2.45) is 0 Å². The van der Waals surface area contributed by atoms with E-state index in [1.807, 2.05) is 0 Å². The molecule has 0 aliphatic heterocycles. The second-order valence-corrected chi connectivity index (χ2v) is 2.34. The van der Waals surface area contributed by atoms with E-state index in [0.29, 0.717) is 0 Å². The van der Waals surface area contributed by atoms with Gasteiger partial charge in [0.25, 0.3) is 0 Å². The number of rotatable bonds is 7. The molecule has 0 aromatic carbocycles. The minimum absolute atomic E-state index is 0.252. The highest BCUT2D eigenvalue weighted by Crippen LogP contribution is 2.14. The van der Waals surface area contributed by atoms with Gasteiger partial charge in [0.2, 0.25) is 0 Å². The van der Waals surface area contributed by atoms with Gasteiger partial charge in [-0.05, 0) is 6.92 Å². The Morgan fingerprint density at radius 2 is 1.53 bits per heavy atom. The molecule has 3 N–H and O–H groups in total. The number of carbonyl (C=O) groups is 3. The average Bonchev–Trinajstić information content (AvgIpc) is 2.10. The van der Waals surface area contributed by atoms with E-state index in [1.54, 1.807) is 0 Å². The van der Waals surface area contributed by atoms with Crippen LogP contribution in [0.15, 0.2) is 0 Å². The number of hydrogen-bond acceptors (Lipinski definition) is 5. The predicted molar refractivity (Wildman–Crippen MR) is 43.2 cm³/mol. The third-order valence-electron chi connectivity index (χ3n) is 1.31. The largest absolute Gasteiger partial charge is 0.480 e. The molecular weight excluding hydrogens is 212 g/mol. The second-order valence-electron chi connectivity index (χ2n) is 2.34. The maximum atomic E-state index is 10.6. The van der Waals surface area contributed by atoms with Gasteiger partial charge < -0.3 is 24.8 Å². The molecule has 0 atom stereocenters. The molecule has 0 aliphatic carbocycles. The van der Waals surface area contributed by atoms with E-state index >= 15 is 0 Å². The lowest BCUT2D eigenvalue weighted by Gasteiger charge is -2.23. The van der Waals surface area contributed by atoms with Gasteiger partial charge in [-0.15, -0.1) is 0 Å². The van der Waals surface area contributed by atoms with Gasteiger partial charge in [-0.25, -0.2) is 14.4 Å². The number of hydrogen-bond donors (Lipinski definition) is 3. The van der Waals surface area contributed by atoms with Crippen LogP contribution in [0.3, 0.4) is 0 Å². The summed E-state index contributed by atoms with van der Waals surface area (Å²) in [6.07, 6.45) is 0. The van der Waals surface area contributed by atoms with Crippen LogP contribution in [-0.2, 0) is 23.9 Å². The first-order valence-electron chi connectivity index (χ1n) is 3.83. The normalized spacial score (nSPS) is 11.0. The van der Waals surface area contributed by atoms with E-state index in [2.05, 4.69) is 9.47 Å². The molecule has 0 rings (SSSR count). The lowest BCUT2D eigenvalue weighted by atomic mass is 10.3. The molecule has 8 heteroatoms. The van der Waals surface area contributed by atoms with Crippen molar-refractivity contribution in [3.05, 3.63) is 0 Å². The summed E-state index contributed by atoms with van der Waals surface area (Å²) in [5.41, 5.74) is 0. The molecule has 0 amide bonds. The zero-order chi connectivity index (χ0) is 12.1. The van der Waals surface area contributed by atoms with Gasteiger partial charge in [-0.3, -0.25) is 0 Å². The topological polar surface area (TPSA) is 130 Å². The van der Waals surface area contributed by atoms with Crippen LogP contribution >= 0.6 is 0 Å². The maximum Gasteiger partial charge on any atom is 0.377 e. The summed E-state index contributed by atoms with van der Waals surface area (Å²) >= 11 is 0. The van der Waals surface area contributed by atoms with Crippen LogP contribution in [0.4, 0.5) is 0 Å². The van der Waals surface area contributed by atoms with Gasteiger partial charge in [0.15, 0.2) is 0 Å². The van der Waals surface area contributed by atoms with Crippen molar-refractivity contribution in [2.75, 3.05) is 13.2 Å². The molecular formula is C7H10O8. The van der Waals surface area contributed by atoms with Crippen LogP contribution in [0.5, 0.6) is 0 Å². The lowest BCUT2D eigenvalue weighted by molar-refractivity contribution is -0.246. The maximum absolute atomic E-state index is 10.6. The zero-order valence-corrected chi connectivity index (χ0v) is 7.80. The molecule has 0 fully saturated rings. The number of aliphatic carboxylic acids is 3. The van der Waals surface area contributed by atoms with E-state index in [4.69, 9.17) is 15.3 Å². The Labute approximate surface area is 84.0 Å². The van der Waals surface area contributed by atoms with Crippen LogP contribution in [0.25, 0.3) is 0 Å². The molecule has 0 unspecified atom stereocenters. The SMILES string of the molecule is CCOC(OCC(=O)O)(C(=O)O)C(=O)O. The Bertz CT molecular complexity index is 256. The van der Waals surface area contributed by atoms with Crippen LogP contribution in [-0.4, -0.2) is 52.2 Å². The molecule has 8 nitrogen and oxygen atoms in total. The third-order valence-corrected chi connectivity index (χ3v) is 1.31. The summed E-state index contributed by atoms with van der Waals surface area (Å²) in [4.78, 5) is 31.4. The molecule has 0 bridgehead atoms.